The highest BCUT2D eigenvalue weighted by molar-refractivity contribution is 6.26. The molecule has 0 spiro atoms. The molecule has 0 fully saturated rings. The zero-order chi connectivity index (χ0) is 24.8. The number of fused-ring (bicyclic) bond motifs is 3. The van der Waals surface area contributed by atoms with Gasteiger partial charge in [-0.1, -0.05) is 78.9 Å². The maximum atomic E-state index is 6.39. The number of ether oxygens (including phenoxy) is 1. The predicted molar refractivity (Wildman–Crippen MR) is 155 cm³/mol. The molecule has 0 aliphatic carbocycles. The molecule has 38 heavy (non-hydrogen) atoms. The Balaban J connectivity index is 1.42. The van der Waals surface area contributed by atoms with Gasteiger partial charge in [0.2, 0.25) is 0 Å². The second-order valence-electron chi connectivity index (χ2n) is 9.88. The van der Waals surface area contributed by atoms with E-state index in [1.165, 1.54) is 10.8 Å². The fourth-order valence-corrected chi connectivity index (χ4v) is 6.08. The van der Waals surface area contributed by atoms with E-state index in [1.807, 2.05) is 18.2 Å². The summed E-state index contributed by atoms with van der Waals surface area (Å²) in [5.74, 6) is 2.45. The highest BCUT2D eigenvalue weighted by Crippen LogP contribution is 2.49. The standard InChI is InChI=1S/C34H19N3O/c1-2-8-21(9-3-1)31-23-15-13-19-7-4-5-11-22(19)32(23)37-34(36-31)24-16-18-27-30-29-25(35-33(24)30)17-14-20-10-6-12-26(38-27)28(20)29/h1-18,35H. The maximum absolute atomic E-state index is 6.39. The second kappa shape index (κ2) is 7.17. The van der Waals surface area contributed by atoms with Crippen molar-refractivity contribution >= 4 is 54.3 Å². The monoisotopic (exact) mass is 485 g/mol. The lowest BCUT2D eigenvalue weighted by atomic mass is 9.98. The van der Waals surface area contributed by atoms with Gasteiger partial charge >= 0.3 is 0 Å². The molecule has 1 aliphatic rings. The molecule has 0 atom stereocenters. The summed E-state index contributed by atoms with van der Waals surface area (Å²) in [7, 11) is 0. The number of benzene rings is 6. The molecule has 0 unspecified atom stereocenters. The van der Waals surface area contributed by atoms with Gasteiger partial charge in [-0.05, 0) is 41.1 Å². The third-order valence-electron chi connectivity index (χ3n) is 7.78. The summed E-state index contributed by atoms with van der Waals surface area (Å²) < 4.78 is 6.39. The van der Waals surface area contributed by atoms with Crippen LogP contribution in [-0.4, -0.2) is 15.0 Å². The molecule has 4 nitrogen and oxygen atoms in total. The molecular formula is C34H19N3O. The van der Waals surface area contributed by atoms with E-state index in [4.69, 9.17) is 14.7 Å². The van der Waals surface area contributed by atoms with E-state index < -0.39 is 0 Å². The molecule has 176 valence electrons. The molecular weight excluding hydrogens is 466 g/mol. The van der Waals surface area contributed by atoms with Crippen LogP contribution in [0.4, 0.5) is 0 Å². The van der Waals surface area contributed by atoms with Gasteiger partial charge in [-0.2, -0.15) is 0 Å². The van der Waals surface area contributed by atoms with Gasteiger partial charge in [-0.3, -0.25) is 0 Å². The van der Waals surface area contributed by atoms with Crippen LogP contribution in [0.5, 0.6) is 11.5 Å². The first-order valence-electron chi connectivity index (χ1n) is 12.8. The number of H-pyrrole nitrogens is 1. The lowest BCUT2D eigenvalue weighted by molar-refractivity contribution is 0.493. The van der Waals surface area contributed by atoms with Crippen molar-refractivity contribution in [3.8, 4) is 34.1 Å². The van der Waals surface area contributed by atoms with Crippen LogP contribution in [0, 0.1) is 0 Å². The molecule has 0 radical (unpaired) electrons. The van der Waals surface area contributed by atoms with E-state index in [-0.39, 0.29) is 0 Å². The number of hydrogen-bond donors (Lipinski definition) is 1. The SMILES string of the molecule is c1ccc(-c2nc(-c3ccc4c5c3[nH]c3ccc6cccc(c6c35)O4)nc3c2ccc2ccccc23)cc1. The maximum Gasteiger partial charge on any atom is 0.162 e. The Labute approximate surface area is 217 Å². The molecule has 0 saturated carbocycles. The van der Waals surface area contributed by atoms with Crippen LogP contribution in [0.3, 0.4) is 0 Å². The second-order valence-corrected chi connectivity index (χ2v) is 9.88. The Morgan fingerprint density at radius 1 is 0.553 bits per heavy atom. The van der Waals surface area contributed by atoms with E-state index in [1.54, 1.807) is 0 Å². The van der Waals surface area contributed by atoms with E-state index in [2.05, 4.69) is 96.0 Å². The van der Waals surface area contributed by atoms with Gasteiger partial charge in [-0.15, -0.1) is 0 Å². The Morgan fingerprint density at radius 2 is 1.37 bits per heavy atom. The lowest BCUT2D eigenvalue weighted by Crippen LogP contribution is -1.97. The quantitative estimate of drug-likeness (QED) is 0.249. The summed E-state index contributed by atoms with van der Waals surface area (Å²) in [5, 5.41) is 7.94. The minimum atomic E-state index is 0.695. The van der Waals surface area contributed by atoms with Crippen LogP contribution in [0.1, 0.15) is 0 Å². The average molecular weight is 486 g/mol. The van der Waals surface area contributed by atoms with Gasteiger partial charge in [0, 0.05) is 38.2 Å². The fourth-order valence-electron chi connectivity index (χ4n) is 6.08. The summed E-state index contributed by atoms with van der Waals surface area (Å²) in [5.41, 5.74) is 6.01. The van der Waals surface area contributed by atoms with Crippen molar-refractivity contribution in [3.63, 3.8) is 0 Å². The van der Waals surface area contributed by atoms with Gasteiger partial charge in [-0.25, -0.2) is 9.97 Å². The summed E-state index contributed by atoms with van der Waals surface area (Å²) in [6.07, 6.45) is 0. The molecule has 8 aromatic rings. The van der Waals surface area contributed by atoms with E-state index in [0.717, 1.165) is 71.8 Å². The normalized spacial score (nSPS) is 12.4. The van der Waals surface area contributed by atoms with Gasteiger partial charge < -0.3 is 9.72 Å². The molecule has 1 N–H and O–H groups in total. The van der Waals surface area contributed by atoms with Gasteiger partial charge in [0.1, 0.15) is 11.5 Å². The zero-order valence-corrected chi connectivity index (χ0v) is 20.2. The number of hydrogen-bond acceptors (Lipinski definition) is 3. The number of nitrogens with one attached hydrogen (secondary N) is 1. The summed E-state index contributed by atoms with van der Waals surface area (Å²) in [4.78, 5) is 14.1. The van der Waals surface area contributed by atoms with Crippen molar-refractivity contribution in [1.29, 1.82) is 0 Å². The van der Waals surface area contributed by atoms with Crippen molar-refractivity contribution in [3.05, 3.63) is 109 Å². The Hall–Kier alpha value is -5.22. The summed E-state index contributed by atoms with van der Waals surface area (Å²) >= 11 is 0. The van der Waals surface area contributed by atoms with E-state index in [9.17, 15) is 0 Å². The smallest absolute Gasteiger partial charge is 0.162 e. The molecule has 4 heteroatoms. The van der Waals surface area contributed by atoms with Crippen molar-refractivity contribution in [2.75, 3.05) is 0 Å². The molecule has 3 heterocycles. The number of rotatable bonds is 2. The van der Waals surface area contributed by atoms with Crippen molar-refractivity contribution < 1.29 is 4.74 Å². The number of aromatic amines is 1. The molecule has 0 bridgehead atoms. The Morgan fingerprint density at radius 3 is 2.32 bits per heavy atom. The molecule has 6 aromatic carbocycles. The molecule has 0 saturated heterocycles. The minimum absolute atomic E-state index is 0.695. The first-order valence-corrected chi connectivity index (χ1v) is 12.8. The average Bonchev–Trinajstić information content (AvgIpc) is 3.38. The predicted octanol–water partition coefficient (Wildman–Crippen LogP) is 9.01. The number of nitrogens with zero attached hydrogens (tertiary/aromatic N) is 2. The van der Waals surface area contributed by atoms with Crippen molar-refractivity contribution in [2.24, 2.45) is 0 Å². The van der Waals surface area contributed by atoms with E-state index in [0.29, 0.717) is 5.82 Å². The first-order chi connectivity index (χ1) is 18.8. The molecule has 2 aromatic heterocycles. The highest BCUT2D eigenvalue weighted by Gasteiger charge is 2.24. The zero-order valence-electron chi connectivity index (χ0n) is 20.2. The topological polar surface area (TPSA) is 50.8 Å². The van der Waals surface area contributed by atoms with Crippen LogP contribution in [0.2, 0.25) is 0 Å². The minimum Gasteiger partial charge on any atom is -0.456 e. The third kappa shape index (κ3) is 2.58. The van der Waals surface area contributed by atoms with Crippen LogP contribution < -0.4 is 4.74 Å². The van der Waals surface area contributed by atoms with Crippen LogP contribution in [0.25, 0.3) is 76.9 Å². The number of aromatic nitrogens is 3. The van der Waals surface area contributed by atoms with Gasteiger partial charge in [0.15, 0.2) is 5.82 Å². The fraction of sp³-hybridized carbons (Fsp3) is 0. The first kappa shape index (κ1) is 19.9. The largest absolute Gasteiger partial charge is 0.456 e. The Bertz CT molecular complexity index is 2260. The molecule has 9 rings (SSSR count). The van der Waals surface area contributed by atoms with Crippen molar-refractivity contribution in [1.82, 2.24) is 15.0 Å². The highest BCUT2D eigenvalue weighted by atomic mass is 16.5. The van der Waals surface area contributed by atoms with Crippen LogP contribution >= 0.6 is 0 Å². The van der Waals surface area contributed by atoms with Gasteiger partial charge in [0.25, 0.3) is 0 Å². The summed E-state index contributed by atoms with van der Waals surface area (Å²) in [6.45, 7) is 0. The van der Waals surface area contributed by atoms with Crippen LogP contribution in [-0.2, 0) is 0 Å². The van der Waals surface area contributed by atoms with Gasteiger partial charge in [0.05, 0.1) is 22.1 Å². The Kier molecular flexibility index (Phi) is 3.76. The third-order valence-corrected chi connectivity index (χ3v) is 7.78. The lowest BCUT2D eigenvalue weighted by Gasteiger charge is -2.17. The molecule has 1 aliphatic heterocycles. The van der Waals surface area contributed by atoms with E-state index >= 15 is 0 Å². The van der Waals surface area contributed by atoms with Crippen LogP contribution in [0.15, 0.2) is 109 Å². The summed E-state index contributed by atoms with van der Waals surface area (Å²) in [6, 6.07) is 37.8. The molecule has 0 amide bonds. The van der Waals surface area contributed by atoms with Crippen molar-refractivity contribution in [2.45, 2.75) is 0 Å².